The van der Waals surface area contributed by atoms with E-state index in [0.29, 0.717) is 25.0 Å². The number of hydrogen-bond acceptors (Lipinski definition) is 7. The Morgan fingerprint density at radius 1 is 0.923 bits per heavy atom. The predicted molar refractivity (Wildman–Crippen MR) is 155 cm³/mol. The first-order valence-corrected chi connectivity index (χ1v) is 15.3. The van der Waals surface area contributed by atoms with E-state index in [1.165, 1.54) is 38.5 Å². The fourth-order valence-corrected chi connectivity index (χ4v) is 5.24. The number of hydrogen-bond donors (Lipinski definition) is 0. The lowest BCUT2D eigenvalue weighted by molar-refractivity contribution is -0.150. The van der Waals surface area contributed by atoms with Crippen LogP contribution in [0.1, 0.15) is 102 Å². The lowest BCUT2D eigenvalue weighted by Gasteiger charge is -2.31. The third-order valence-corrected chi connectivity index (χ3v) is 7.45. The molecule has 0 amide bonds. The average molecular weight is 548 g/mol. The molecule has 0 aliphatic carbocycles. The molecule has 39 heavy (non-hydrogen) atoms. The number of piperidine rings is 1. The van der Waals surface area contributed by atoms with Crippen LogP contribution in [-0.2, 0) is 37.0 Å². The van der Waals surface area contributed by atoms with Crippen molar-refractivity contribution < 1.29 is 28.5 Å². The molecule has 222 valence electrons. The SMILES string of the molecule is CCCCCCC(CCCC)COCC(=O)OCc1cc(C)cc(COC(=O)OCC2CCCN(CC)C2)c1. The van der Waals surface area contributed by atoms with E-state index in [1.54, 1.807) is 0 Å². The highest BCUT2D eigenvalue weighted by Crippen LogP contribution is 2.19. The summed E-state index contributed by atoms with van der Waals surface area (Å²) in [6.45, 7) is 12.9. The molecule has 1 fully saturated rings. The topological polar surface area (TPSA) is 74.3 Å². The lowest BCUT2D eigenvalue weighted by Crippen LogP contribution is -2.37. The van der Waals surface area contributed by atoms with Crippen LogP contribution < -0.4 is 0 Å². The van der Waals surface area contributed by atoms with Crippen LogP contribution in [0, 0.1) is 18.8 Å². The third kappa shape index (κ3) is 14.7. The fourth-order valence-electron chi connectivity index (χ4n) is 5.24. The molecule has 0 radical (unpaired) electrons. The number of unbranched alkanes of at least 4 members (excludes halogenated alkanes) is 4. The van der Waals surface area contributed by atoms with Gasteiger partial charge in [-0.2, -0.15) is 0 Å². The number of likely N-dealkylation sites (tertiary alicyclic amines) is 1. The quantitative estimate of drug-likeness (QED) is 0.134. The molecule has 1 aliphatic heterocycles. The van der Waals surface area contributed by atoms with Gasteiger partial charge in [-0.3, -0.25) is 0 Å². The van der Waals surface area contributed by atoms with E-state index in [-0.39, 0.29) is 25.8 Å². The Morgan fingerprint density at radius 3 is 2.36 bits per heavy atom. The highest BCUT2D eigenvalue weighted by Gasteiger charge is 2.20. The predicted octanol–water partition coefficient (Wildman–Crippen LogP) is 7.22. The minimum Gasteiger partial charge on any atom is -0.459 e. The van der Waals surface area contributed by atoms with E-state index in [4.69, 9.17) is 18.9 Å². The van der Waals surface area contributed by atoms with Crippen molar-refractivity contribution >= 4 is 12.1 Å². The van der Waals surface area contributed by atoms with Crippen molar-refractivity contribution in [2.45, 2.75) is 105 Å². The first-order valence-electron chi connectivity index (χ1n) is 15.3. The van der Waals surface area contributed by atoms with Crippen molar-refractivity contribution in [3.8, 4) is 0 Å². The molecule has 2 rings (SSSR count). The first-order chi connectivity index (χ1) is 18.9. The number of benzene rings is 1. The second kappa shape index (κ2) is 19.9. The molecule has 0 spiro atoms. The van der Waals surface area contributed by atoms with Crippen LogP contribution in [0.15, 0.2) is 18.2 Å². The molecule has 1 aliphatic rings. The molecule has 1 aromatic rings. The van der Waals surface area contributed by atoms with E-state index >= 15 is 0 Å². The standard InChI is InChI=1S/C32H53NO6/c1-5-8-10-11-14-27(13-9-6-2)21-36-25-31(34)37-23-29-17-26(4)18-30(19-29)24-39-32(35)38-22-28-15-12-16-33(7-3)20-28/h17-19,27-28H,5-16,20-25H2,1-4H3. The third-order valence-electron chi connectivity index (χ3n) is 7.45. The summed E-state index contributed by atoms with van der Waals surface area (Å²) < 4.78 is 21.9. The Labute approximate surface area is 236 Å². The number of carbonyl (C=O) groups is 2. The average Bonchev–Trinajstić information content (AvgIpc) is 2.94. The number of nitrogens with zero attached hydrogens (tertiary/aromatic N) is 1. The van der Waals surface area contributed by atoms with Crippen LogP contribution in [-0.4, -0.2) is 56.5 Å². The minimum absolute atomic E-state index is 0.0256. The summed E-state index contributed by atoms with van der Waals surface area (Å²) in [4.78, 5) is 26.8. The summed E-state index contributed by atoms with van der Waals surface area (Å²) in [5.41, 5.74) is 2.70. The second-order valence-corrected chi connectivity index (χ2v) is 11.1. The number of carbonyl (C=O) groups excluding carboxylic acids is 2. The summed E-state index contributed by atoms with van der Waals surface area (Å²) in [6, 6.07) is 5.82. The zero-order valence-corrected chi connectivity index (χ0v) is 25.0. The molecule has 1 saturated heterocycles. The monoisotopic (exact) mass is 547 g/mol. The molecule has 0 N–H and O–H groups in total. The number of rotatable bonds is 19. The van der Waals surface area contributed by atoms with E-state index in [1.807, 2.05) is 25.1 Å². The Balaban J connectivity index is 1.69. The Morgan fingerprint density at radius 2 is 1.64 bits per heavy atom. The van der Waals surface area contributed by atoms with E-state index in [9.17, 15) is 9.59 Å². The van der Waals surface area contributed by atoms with Gasteiger partial charge in [0.25, 0.3) is 0 Å². The molecule has 1 heterocycles. The van der Waals surface area contributed by atoms with Gasteiger partial charge >= 0.3 is 12.1 Å². The molecule has 0 aromatic heterocycles. The van der Waals surface area contributed by atoms with Gasteiger partial charge in [0.05, 0.1) is 13.2 Å². The molecule has 1 aromatic carbocycles. The minimum atomic E-state index is -0.641. The van der Waals surface area contributed by atoms with E-state index in [0.717, 1.165) is 62.0 Å². The zero-order chi connectivity index (χ0) is 28.3. The molecule has 7 nitrogen and oxygen atoms in total. The lowest BCUT2D eigenvalue weighted by atomic mass is 9.96. The van der Waals surface area contributed by atoms with Crippen molar-refractivity contribution in [3.05, 3.63) is 34.9 Å². The number of aryl methyl sites for hydroxylation is 1. The summed E-state index contributed by atoms with van der Waals surface area (Å²) in [7, 11) is 0. The maximum absolute atomic E-state index is 12.3. The van der Waals surface area contributed by atoms with Gasteiger partial charge in [0.15, 0.2) is 0 Å². The zero-order valence-electron chi connectivity index (χ0n) is 25.0. The highest BCUT2D eigenvalue weighted by atomic mass is 16.7. The molecule has 2 atom stereocenters. The molecule has 0 saturated carbocycles. The Bertz CT molecular complexity index is 829. The summed E-state index contributed by atoms with van der Waals surface area (Å²) in [5, 5.41) is 0. The van der Waals surface area contributed by atoms with Gasteiger partial charge in [0.2, 0.25) is 0 Å². The van der Waals surface area contributed by atoms with Crippen molar-refractivity contribution in [1.29, 1.82) is 0 Å². The summed E-state index contributed by atoms with van der Waals surface area (Å²) >= 11 is 0. The maximum Gasteiger partial charge on any atom is 0.508 e. The molecule has 0 bridgehead atoms. The van der Waals surface area contributed by atoms with Crippen molar-refractivity contribution in [2.75, 3.05) is 39.5 Å². The van der Waals surface area contributed by atoms with Gasteiger partial charge in [-0.05, 0) is 68.8 Å². The van der Waals surface area contributed by atoms with Crippen LogP contribution in [0.3, 0.4) is 0 Å². The van der Waals surface area contributed by atoms with Gasteiger partial charge in [0, 0.05) is 12.5 Å². The summed E-state index contributed by atoms with van der Waals surface area (Å²) in [5.74, 6) is 0.514. The number of esters is 1. The normalized spacial score (nSPS) is 16.6. The van der Waals surface area contributed by atoms with Gasteiger partial charge in [0.1, 0.15) is 19.8 Å². The van der Waals surface area contributed by atoms with Gasteiger partial charge in [-0.15, -0.1) is 0 Å². The van der Waals surface area contributed by atoms with Gasteiger partial charge < -0.3 is 23.8 Å². The van der Waals surface area contributed by atoms with Crippen molar-refractivity contribution in [3.63, 3.8) is 0 Å². The van der Waals surface area contributed by atoms with Crippen LogP contribution in [0.2, 0.25) is 0 Å². The fraction of sp³-hybridized carbons (Fsp3) is 0.750. The maximum atomic E-state index is 12.3. The largest absolute Gasteiger partial charge is 0.508 e. The smallest absolute Gasteiger partial charge is 0.459 e. The van der Waals surface area contributed by atoms with Crippen molar-refractivity contribution in [1.82, 2.24) is 4.90 Å². The van der Waals surface area contributed by atoms with Crippen LogP contribution in [0.4, 0.5) is 4.79 Å². The van der Waals surface area contributed by atoms with Crippen molar-refractivity contribution in [2.24, 2.45) is 11.8 Å². The van der Waals surface area contributed by atoms with Crippen LogP contribution >= 0.6 is 0 Å². The number of ether oxygens (including phenoxy) is 4. The highest BCUT2D eigenvalue weighted by molar-refractivity contribution is 5.70. The van der Waals surface area contributed by atoms with E-state index < -0.39 is 6.16 Å². The molecular formula is C32H53NO6. The van der Waals surface area contributed by atoms with Crippen LogP contribution in [0.25, 0.3) is 0 Å². The van der Waals surface area contributed by atoms with Crippen LogP contribution in [0.5, 0.6) is 0 Å². The molecule has 7 heteroatoms. The first kappa shape index (κ1) is 33.1. The Kier molecular flexibility index (Phi) is 16.9. The van der Waals surface area contributed by atoms with E-state index in [2.05, 4.69) is 25.7 Å². The second-order valence-electron chi connectivity index (χ2n) is 11.1. The Hall–Kier alpha value is -2.12. The summed E-state index contributed by atoms with van der Waals surface area (Å²) in [6.07, 6.45) is 11.3. The molecule has 2 unspecified atom stereocenters. The van der Waals surface area contributed by atoms with Gasteiger partial charge in [-0.1, -0.05) is 77.0 Å². The van der Waals surface area contributed by atoms with Gasteiger partial charge in [-0.25, -0.2) is 9.59 Å². The molecular weight excluding hydrogens is 494 g/mol.